The summed E-state index contributed by atoms with van der Waals surface area (Å²) in [6.45, 7) is 20.0. The molecule has 0 spiro atoms. The Balaban J connectivity index is 1.82. The predicted octanol–water partition coefficient (Wildman–Crippen LogP) is 5.74. The summed E-state index contributed by atoms with van der Waals surface area (Å²) in [5, 5.41) is 22.4. The number of aryl methyl sites for hydroxylation is 1. The first kappa shape index (κ1) is 29.1. The van der Waals surface area contributed by atoms with Gasteiger partial charge in [0.25, 0.3) is 0 Å². The number of Topliss-reactive ketones (excluding diaryl/α,β-unsaturated/α-hetero) is 1. The van der Waals surface area contributed by atoms with Crippen LogP contribution in [0.5, 0.6) is 5.75 Å². The van der Waals surface area contributed by atoms with E-state index in [1.165, 1.54) is 0 Å². The zero-order chi connectivity index (χ0) is 28.8. The van der Waals surface area contributed by atoms with Crippen LogP contribution in [0.2, 0.25) is 0 Å². The number of carbonyl (C=O) groups is 2. The van der Waals surface area contributed by atoms with Crippen molar-refractivity contribution in [3.63, 3.8) is 0 Å². The molecule has 0 bridgehead atoms. The van der Waals surface area contributed by atoms with Crippen LogP contribution in [0.4, 0.5) is 4.79 Å². The van der Waals surface area contributed by atoms with E-state index in [2.05, 4.69) is 10.3 Å². The molecule has 0 atom stereocenters. The van der Waals surface area contributed by atoms with Crippen LogP contribution in [0.1, 0.15) is 106 Å². The van der Waals surface area contributed by atoms with Gasteiger partial charge < -0.3 is 20.1 Å². The van der Waals surface area contributed by atoms with Crippen molar-refractivity contribution in [1.82, 2.24) is 15.2 Å². The maximum atomic E-state index is 13.5. The molecule has 2 heterocycles. The van der Waals surface area contributed by atoms with Crippen molar-refractivity contribution in [1.29, 1.82) is 5.41 Å². The molecule has 0 saturated carbocycles. The van der Waals surface area contributed by atoms with Crippen LogP contribution < -0.4 is 5.32 Å². The molecule has 1 amide bonds. The monoisotopic (exact) mass is 522 g/mol. The minimum Gasteiger partial charge on any atom is -0.507 e. The molecule has 1 aliphatic rings. The lowest BCUT2D eigenvalue weighted by Gasteiger charge is -2.28. The number of phenolic OH excluding ortho intramolecular Hbond substituents is 1. The molecule has 8 heteroatoms. The van der Waals surface area contributed by atoms with Gasteiger partial charge in [-0.05, 0) is 62.3 Å². The Morgan fingerprint density at radius 1 is 1.03 bits per heavy atom. The largest absolute Gasteiger partial charge is 0.507 e. The zero-order valence-electron chi connectivity index (χ0n) is 24.4. The summed E-state index contributed by atoms with van der Waals surface area (Å²) in [4.78, 5) is 31.9. The van der Waals surface area contributed by atoms with Crippen molar-refractivity contribution in [3.05, 3.63) is 57.4 Å². The molecule has 8 nitrogen and oxygen atoms in total. The number of ketones is 1. The maximum Gasteiger partial charge on any atom is 0.407 e. The Kier molecular flexibility index (Phi) is 7.70. The second kappa shape index (κ2) is 10.0. The number of rotatable bonds is 5. The first-order valence-electron chi connectivity index (χ1n) is 13.0. The number of ether oxygens (including phenoxy) is 1. The number of aromatic nitrogens is 1. The number of benzene rings is 1. The zero-order valence-corrected chi connectivity index (χ0v) is 24.4. The van der Waals surface area contributed by atoms with E-state index >= 15 is 0 Å². The van der Waals surface area contributed by atoms with Crippen LogP contribution >= 0.6 is 0 Å². The van der Waals surface area contributed by atoms with Gasteiger partial charge in [-0.25, -0.2) is 9.78 Å². The average Bonchev–Trinajstić information content (AvgIpc) is 3.03. The van der Waals surface area contributed by atoms with E-state index in [0.29, 0.717) is 23.5 Å². The smallest absolute Gasteiger partial charge is 0.407 e. The molecule has 0 aliphatic carbocycles. The summed E-state index contributed by atoms with van der Waals surface area (Å²) in [5.41, 5.74) is 3.63. The van der Waals surface area contributed by atoms with Gasteiger partial charge in [0.2, 0.25) is 0 Å². The number of nitrogens with zero attached hydrogens (tertiary/aromatic N) is 2. The van der Waals surface area contributed by atoms with Crippen LogP contribution in [-0.2, 0) is 28.7 Å². The SMILES string of the molecule is Cc1nc2c(cc1CNC(=O)OC(C)(C)C)CN(CC(=O)c1cc(C(C)(C)C)c(O)c(C(C)(C)C)c1)C2=N. The van der Waals surface area contributed by atoms with Gasteiger partial charge >= 0.3 is 6.09 Å². The first-order valence-corrected chi connectivity index (χ1v) is 13.0. The van der Waals surface area contributed by atoms with Crippen molar-refractivity contribution in [2.24, 2.45) is 0 Å². The Labute approximate surface area is 226 Å². The fraction of sp³-hybridized carbons (Fsp3) is 0.533. The van der Waals surface area contributed by atoms with E-state index < -0.39 is 11.7 Å². The van der Waals surface area contributed by atoms with Gasteiger partial charge in [0, 0.05) is 41.0 Å². The number of phenols is 1. The average molecular weight is 523 g/mol. The van der Waals surface area contributed by atoms with Crippen LogP contribution in [-0.4, -0.2) is 44.8 Å². The summed E-state index contributed by atoms with van der Waals surface area (Å²) < 4.78 is 5.31. The lowest BCUT2D eigenvalue weighted by molar-refractivity contribution is 0.0523. The number of fused-ring (bicyclic) bond motifs is 1. The van der Waals surface area contributed by atoms with E-state index in [9.17, 15) is 14.7 Å². The summed E-state index contributed by atoms with van der Waals surface area (Å²) >= 11 is 0. The van der Waals surface area contributed by atoms with E-state index in [4.69, 9.17) is 10.1 Å². The van der Waals surface area contributed by atoms with Gasteiger partial charge in [0.1, 0.15) is 22.9 Å². The second-order valence-electron chi connectivity index (χ2n) is 13.1. The third kappa shape index (κ3) is 6.52. The molecule has 206 valence electrons. The number of carbonyl (C=O) groups excluding carboxylic acids is 2. The number of alkyl carbamates (subject to hydrolysis) is 1. The van der Waals surface area contributed by atoms with Gasteiger partial charge in [0.15, 0.2) is 5.78 Å². The van der Waals surface area contributed by atoms with E-state index in [-0.39, 0.29) is 41.3 Å². The number of aromatic hydroxyl groups is 1. The van der Waals surface area contributed by atoms with Crippen LogP contribution in [0.25, 0.3) is 0 Å². The van der Waals surface area contributed by atoms with Gasteiger partial charge in [-0.1, -0.05) is 41.5 Å². The normalized spacial score (nSPS) is 13.9. The number of hydrogen-bond acceptors (Lipinski definition) is 6. The summed E-state index contributed by atoms with van der Waals surface area (Å²) in [6.07, 6.45) is -0.504. The van der Waals surface area contributed by atoms with Crippen molar-refractivity contribution in [3.8, 4) is 5.75 Å². The highest BCUT2D eigenvalue weighted by molar-refractivity contribution is 6.04. The Morgan fingerprint density at radius 2 is 1.58 bits per heavy atom. The van der Waals surface area contributed by atoms with Crippen molar-refractivity contribution in [2.45, 2.75) is 98.8 Å². The predicted molar refractivity (Wildman–Crippen MR) is 149 cm³/mol. The number of nitrogens with one attached hydrogen (secondary N) is 2. The second-order valence-corrected chi connectivity index (χ2v) is 13.1. The van der Waals surface area contributed by atoms with E-state index in [0.717, 1.165) is 22.3 Å². The number of amides is 1. The van der Waals surface area contributed by atoms with Crippen LogP contribution in [0.15, 0.2) is 18.2 Å². The van der Waals surface area contributed by atoms with E-state index in [1.807, 2.05) is 75.3 Å². The number of hydrogen-bond donors (Lipinski definition) is 3. The highest BCUT2D eigenvalue weighted by atomic mass is 16.6. The molecule has 0 radical (unpaired) electrons. The minimum atomic E-state index is -0.587. The number of pyridine rings is 1. The Bertz CT molecular complexity index is 1240. The maximum absolute atomic E-state index is 13.5. The lowest BCUT2D eigenvalue weighted by atomic mass is 9.78. The molecular weight excluding hydrogens is 480 g/mol. The third-order valence-corrected chi connectivity index (χ3v) is 6.50. The molecule has 0 saturated heterocycles. The molecular formula is C30H42N4O4. The quantitative estimate of drug-likeness (QED) is 0.431. The lowest BCUT2D eigenvalue weighted by Crippen LogP contribution is -2.32. The fourth-order valence-corrected chi connectivity index (χ4v) is 4.45. The topological polar surface area (TPSA) is 116 Å². The molecule has 0 fully saturated rings. The Hall–Kier alpha value is -3.42. The van der Waals surface area contributed by atoms with Gasteiger partial charge in [-0.2, -0.15) is 0 Å². The molecule has 0 unspecified atom stereocenters. The summed E-state index contributed by atoms with van der Waals surface area (Å²) in [6, 6.07) is 5.50. The molecule has 38 heavy (non-hydrogen) atoms. The van der Waals surface area contributed by atoms with Crippen LogP contribution in [0, 0.1) is 12.3 Å². The number of amidine groups is 1. The Morgan fingerprint density at radius 3 is 2.08 bits per heavy atom. The van der Waals surface area contributed by atoms with E-state index in [1.54, 1.807) is 17.0 Å². The standard InChI is InChI=1S/C30H42N4O4/c1-17-19(14-32-27(37)38-30(8,9)10)11-20-15-34(26(31)24(20)33-17)16-23(35)18-12-21(28(2,3)4)25(36)22(13-18)29(5,6)7/h11-13,31,36H,14-16H2,1-10H3,(H,32,37). The van der Waals surface area contributed by atoms with Crippen molar-refractivity contribution in [2.75, 3.05) is 6.54 Å². The highest BCUT2D eigenvalue weighted by Crippen LogP contribution is 2.40. The fourth-order valence-electron chi connectivity index (χ4n) is 4.45. The summed E-state index contributed by atoms with van der Waals surface area (Å²) in [7, 11) is 0. The van der Waals surface area contributed by atoms with Gasteiger partial charge in [-0.15, -0.1) is 0 Å². The van der Waals surface area contributed by atoms with Gasteiger partial charge in [0.05, 0.1) is 6.54 Å². The summed E-state index contributed by atoms with van der Waals surface area (Å²) in [5.74, 6) is 0.311. The van der Waals surface area contributed by atoms with Crippen molar-refractivity contribution >= 4 is 17.7 Å². The van der Waals surface area contributed by atoms with Crippen molar-refractivity contribution < 1.29 is 19.4 Å². The van der Waals surface area contributed by atoms with Crippen LogP contribution in [0.3, 0.4) is 0 Å². The minimum absolute atomic E-state index is 0.0255. The van der Waals surface area contributed by atoms with Gasteiger partial charge in [-0.3, -0.25) is 10.2 Å². The molecule has 1 aliphatic heterocycles. The molecule has 3 rings (SSSR count). The first-order chi connectivity index (χ1) is 17.3. The molecule has 1 aromatic heterocycles. The molecule has 1 aromatic carbocycles. The third-order valence-electron chi connectivity index (χ3n) is 6.50. The highest BCUT2D eigenvalue weighted by Gasteiger charge is 2.31. The molecule has 2 aromatic rings. The molecule has 3 N–H and O–H groups in total.